The van der Waals surface area contributed by atoms with Crippen molar-refractivity contribution in [2.24, 2.45) is 0 Å². The Labute approximate surface area is 102 Å². The van der Waals surface area contributed by atoms with Gasteiger partial charge in [-0.3, -0.25) is 15.2 Å². The second kappa shape index (κ2) is 5.00. The first-order chi connectivity index (χ1) is 8.19. The van der Waals surface area contributed by atoms with Crippen molar-refractivity contribution in [3.63, 3.8) is 0 Å². The fourth-order valence-corrected chi connectivity index (χ4v) is 1.82. The number of rotatable bonds is 4. The molecule has 0 aliphatic heterocycles. The van der Waals surface area contributed by atoms with Crippen LogP contribution in [-0.4, -0.2) is 30.4 Å². The zero-order chi connectivity index (χ0) is 12.3. The highest BCUT2D eigenvalue weighted by Gasteiger charge is 2.14. The lowest BCUT2D eigenvalue weighted by Crippen LogP contribution is -2.13. The van der Waals surface area contributed by atoms with Crippen LogP contribution >= 0.6 is 11.5 Å². The smallest absolute Gasteiger partial charge is 0.294 e. The summed E-state index contributed by atoms with van der Waals surface area (Å²) in [4.78, 5) is 19.8. The predicted molar refractivity (Wildman–Crippen MR) is 63.0 cm³/mol. The number of aryl methyl sites for hydroxylation is 2. The van der Waals surface area contributed by atoms with Gasteiger partial charge in [-0.2, -0.15) is 4.37 Å². The van der Waals surface area contributed by atoms with Crippen LogP contribution in [0.4, 0.5) is 5.13 Å². The van der Waals surface area contributed by atoms with Crippen molar-refractivity contribution in [1.29, 1.82) is 0 Å². The molecule has 7 nitrogen and oxygen atoms in total. The summed E-state index contributed by atoms with van der Waals surface area (Å²) in [6.07, 6.45) is 1.73. The van der Waals surface area contributed by atoms with Gasteiger partial charge in [0.1, 0.15) is 11.6 Å². The van der Waals surface area contributed by atoms with Crippen LogP contribution in [-0.2, 0) is 6.42 Å². The average Bonchev–Trinajstić information content (AvgIpc) is 2.88. The molecule has 0 radical (unpaired) electrons. The molecular weight excluding hydrogens is 240 g/mol. The van der Waals surface area contributed by atoms with Crippen molar-refractivity contribution >= 4 is 22.6 Å². The van der Waals surface area contributed by atoms with Crippen molar-refractivity contribution in [3.05, 3.63) is 17.5 Å². The number of hydrogen-bond donors (Lipinski definition) is 2. The highest BCUT2D eigenvalue weighted by atomic mass is 32.1. The highest BCUT2D eigenvalue weighted by Crippen LogP contribution is 2.10. The van der Waals surface area contributed by atoms with E-state index >= 15 is 0 Å². The Morgan fingerprint density at radius 1 is 1.47 bits per heavy atom. The van der Waals surface area contributed by atoms with E-state index in [9.17, 15) is 4.79 Å². The summed E-state index contributed by atoms with van der Waals surface area (Å²) in [6.45, 7) is 3.80. The first kappa shape index (κ1) is 11.6. The van der Waals surface area contributed by atoms with E-state index in [0.29, 0.717) is 16.8 Å². The molecule has 1 amide bonds. The molecule has 0 saturated heterocycles. The van der Waals surface area contributed by atoms with Gasteiger partial charge in [0.15, 0.2) is 0 Å². The molecule has 0 aliphatic carbocycles. The molecule has 0 spiro atoms. The number of aromatic amines is 1. The van der Waals surface area contributed by atoms with E-state index in [0.717, 1.165) is 24.4 Å². The van der Waals surface area contributed by atoms with Crippen LogP contribution in [0, 0.1) is 6.92 Å². The van der Waals surface area contributed by atoms with Crippen LogP contribution in [0.3, 0.4) is 0 Å². The Balaban J connectivity index is 2.03. The number of carbonyl (C=O) groups excluding carboxylic acids is 1. The standard InChI is InChI=1S/C9H12N6OS/c1-3-4-6-11-7(14-13-6)8(16)12-9-10-5(2)15-17-9/h3-4H2,1-2H3,(H,11,13,14)(H,10,12,15,16). The first-order valence-corrected chi connectivity index (χ1v) is 5.99. The lowest BCUT2D eigenvalue weighted by molar-refractivity contribution is 0.101. The number of carbonyl (C=O) groups is 1. The number of hydrogen-bond acceptors (Lipinski definition) is 6. The van der Waals surface area contributed by atoms with Gasteiger partial charge >= 0.3 is 0 Å². The van der Waals surface area contributed by atoms with E-state index in [4.69, 9.17) is 0 Å². The molecule has 0 saturated carbocycles. The van der Waals surface area contributed by atoms with Crippen molar-refractivity contribution in [1.82, 2.24) is 24.5 Å². The summed E-state index contributed by atoms with van der Waals surface area (Å²) >= 11 is 1.13. The third-order valence-corrected chi connectivity index (χ3v) is 2.69. The molecule has 2 heterocycles. The van der Waals surface area contributed by atoms with Gasteiger partial charge in [0, 0.05) is 18.0 Å². The number of amides is 1. The zero-order valence-corrected chi connectivity index (χ0v) is 10.3. The van der Waals surface area contributed by atoms with Gasteiger partial charge in [-0.1, -0.05) is 6.92 Å². The van der Waals surface area contributed by atoms with Crippen LogP contribution in [0.1, 0.15) is 35.6 Å². The van der Waals surface area contributed by atoms with Crippen molar-refractivity contribution in [2.75, 3.05) is 5.32 Å². The molecule has 2 rings (SSSR count). The largest absolute Gasteiger partial charge is 0.297 e. The Kier molecular flexibility index (Phi) is 3.43. The molecule has 0 atom stereocenters. The third-order valence-electron chi connectivity index (χ3n) is 1.97. The summed E-state index contributed by atoms with van der Waals surface area (Å²) in [6, 6.07) is 0. The van der Waals surface area contributed by atoms with Gasteiger partial charge in [0.2, 0.25) is 11.0 Å². The van der Waals surface area contributed by atoms with Crippen molar-refractivity contribution in [2.45, 2.75) is 26.7 Å². The Morgan fingerprint density at radius 2 is 2.29 bits per heavy atom. The Hall–Kier alpha value is -1.83. The molecule has 2 N–H and O–H groups in total. The quantitative estimate of drug-likeness (QED) is 0.851. The summed E-state index contributed by atoms with van der Waals surface area (Å²) < 4.78 is 3.97. The molecule has 0 unspecified atom stereocenters. The topological polar surface area (TPSA) is 96.5 Å². The van der Waals surface area contributed by atoms with E-state index < -0.39 is 0 Å². The minimum Gasteiger partial charge on any atom is -0.294 e. The molecule has 90 valence electrons. The SMILES string of the molecule is CCCc1nc(C(=O)Nc2nc(C)ns2)n[nH]1. The maximum Gasteiger partial charge on any atom is 0.297 e. The van der Waals surface area contributed by atoms with Gasteiger partial charge in [-0.25, -0.2) is 9.97 Å². The number of anilines is 1. The predicted octanol–water partition coefficient (Wildman–Crippen LogP) is 1.17. The van der Waals surface area contributed by atoms with Crippen LogP contribution in [0.25, 0.3) is 0 Å². The van der Waals surface area contributed by atoms with Crippen LogP contribution in [0.2, 0.25) is 0 Å². The van der Waals surface area contributed by atoms with E-state index in [-0.39, 0.29) is 11.7 Å². The monoisotopic (exact) mass is 252 g/mol. The number of nitrogens with zero attached hydrogens (tertiary/aromatic N) is 4. The normalized spacial score (nSPS) is 10.5. The van der Waals surface area contributed by atoms with Gasteiger partial charge in [-0.05, 0) is 13.3 Å². The molecule has 2 aromatic rings. The maximum atomic E-state index is 11.7. The van der Waals surface area contributed by atoms with Gasteiger partial charge < -0.3 is 0 Å². The summed E-state index contributed by atoms with van der Waals surface area (Å²) in [7, 11) is 0. The fraction of sp³-hybridized carbons (Fsp3) is 0.444. The molecule has 0 aliphatic rings. The van der Waals surface area contributed by atoms with E-state index in [1.165, 1.54) is 0 Å². The van der Waals surface area contributed by atoms with Crippen LogP contribution < -0.4 is 5.32 Å². The molecule has 0 fully saturated rings. The number of H-pyrrole nitrogens is 1. The lowest BCUT2D eigenvalue weighted by Gasteiger charge is -1.94. The molecule has 2 aromatic heterocycles. The lowest BCUT2D eigenvalue weighted by atomic mass is 10.3. The molecule has 8 heteroatoms. The zero-order valence-electron chi connectivity index (χ0n) is 9.52. The summed E-state index contributed by atoms with van der Waals surface area (Å²) in [5, 5.41) is 9.62. The summed E-state index contributed by atoms with van der Waals surface area (Å²) in [5.74, 6) is 1.10. The maximum absolute atomic E-state index is 11.7. The van der Waals surface area contributed by atoms with Crippen molar-refractivity contribution < 1.29 is 4.79 Å². The van der Waals surface area contributed by atoms with E-state index in [1.807, 2.05) is 6.92 Å². The highest BCUT2D eigenvalue weighted by molar-refractivity contribution is 7.09. The van der Waals surface area contributed by atoms with Gasteiger partial charge in [0.05, 0.1) is 0 Å². The first-order valence-electron chi connectivity index (χ1n) is 5.22. The van der Waals surface area contributed by atoms with E-state index in [2.05, 4.69) is 29.9 Å². The Morgan fingerprint density at radius 3 is 2.94 bits per heavy atom. The summed E-state index contributed by atoms with van der Waals surface area (Å²) in [5.41, 5.74) is 0. The van der Waals surface area contributed by atoms with Crippen LogP contribution in [0.15, 0.2) is 0 Å². The van der Waals surface area contributed by atoms with E-state index in [1.54, 1.807) is 6.92 Å². The van der Waals surface area contributed by atoms with Gasteiger partial charge in [0.25, 0.3) is 5.91 Å². The average molecular weight is 252 g/mol. The molecule has 0 bridgehead atoms. The second-order valence-corrected chi connectivity index (χ2v) is 4.21. The minimum atomic E-state index is -0.375. The second-order valence-electron chi connectivity index (χ2n) is 3.46. The van der Waals surface area contributed by atoms with Crippen molar-refractivity contribution in [3.8, 4) is 0 Å². The number of nitrogens with one attached hydrogen (secondary N) is 2. The Bertz CT molecular complexity index is 519. The minimum absolute atomic E-state index is 0.126. The number of aromatic nitrogens is 5. The van der Waals surface area contributed by atoms with Crippen LogP contribution in [0.5, 0.6) is 0 Å². The van der Waals surface area contributed by atoms with Gasteiger partial charge in [-0.15, -0.1) is 5.10 Å². The molecular formula is C9H12N6OS. The molecule has 17 heavy (non-hydrogen) atoms. The third kappa shape index (κ3) is 2.84. The fourth-order valence-electron chi connectivity index (χ4n) is 1.25. The molecule has 0 aromatic carbocycles.